The molecule has 0 bridgehead atoms. The van der Waals surface area contributed by atoms with Gasteiger partial charge in [-0.25, -0.2) is 9.18 Å². The minimum Gasteiger partial charge on any atom is -0.351 e. The summed E-state index contributed by atoms with van der Waals surface area (Å²) in [5, 5.41) is 2.35. The molecule has 3 nitrogen and oxygen atoms in total. The second kappa shape index (κ2) is 3.71. The molecular formula is C8H9FN2O. The fourth-order valence-electron chi connectivity index (χ4n) is 0.874. The number of rotatable bonds is 2. The molecule has 12 heavy (non-hydrogen) atoms. The normalized spacial score (nSPS) is 9.42. The molecule has 64 valence electrons. The fourth-order valence-corrected chi connectivity index (χ4v) is 0.874. The summed E-state index contributed by atoms with van der Waals surface area (Å²) in [5.74, 6) is 0. The molecule has 0 unspecified atom stereocenters. The van der Waals surface area contributed by atoms with Crippen molar-refractivity contribution in [2.45, 2.75) is 6.67 Å². The number of hydrogen-bond acceptors (Lipinski definition) is 1. The molecule has 0 spiro atoms. The number of carbonyl (C=O) groups excluding carboxylic acids is 1. The van der Waals surface area contributed by atoms with Crippen LogP contribution >= 0.6 is 0 Å². The summed E-state index contributed by atoms with van der Waals surface area (Å²) in [4.78, 5) is 10.4. The van der Waals surface area contributed by atoms with Gasteiger partial charge in [-0.15, -0.1) is 0 Å². The molecule has 0 aliphatic rings. The fraction of sp³-hybridized carbons (Fsp3) is 0.125. The van der Waals surface area contributed by atoms with Gasteiger partial charge in [0.05, 0.1) is 0 Å². The highest BCUT2D eigenvalue weighted by molar-refractivity contribution is 5.87. The van der Waals surface area contributed by atoms with Crippen LogP contribution in [-0.2, 0) is 6.67 Å². The van der Waals surface area contributed by atoms with Gasteiger partial charge in [-0.2, -0.15) is 0 Å². The smallest absolute Gasteiger partial charge is 0.316 e. The molecule has 0 radical (unpaired) electrons. The first kappa shape index (κ1) is 8.52. The molecule has 0 atom stereocenters. The van der Waals surface area contributed by atoms with Crippen LogP contribution < -0.4 is 11.1 Å². The van der Waals surface area contributed by atoms with Gasteiger partial charge < -0.3 is 11.1 Å². The zero-order valence-electron chi connectivity index (χ0n) is 6.38. The van der Waals surface area contributed by atoms with Gasteiger partial charge in [0.25, 0.3) is 0 Å². The number of nitrogens with two attached hydrogens (primary N) is 1. The van der Waals surface area contributed by atoms with E-state index in [1.807, 2.05) is 0 Å². The molecule has 4 heteroatoms. The number of nitrogens with one attached hydrogen (secondary N) is 1. The van der Waals surface area contributed by atoms with Gasteiger partial charge in [-0.1, -0.05) is 12.1 Å². The van der Waals surface area contributed by atoms with Gasteiger partial charge in [-0.3, -0.25) is 0 Å². The van der Waals surface area contributed by atoms with Crippen LogP contribution in [-0.4, -0.2) is 6.03 Å². The summed E-state index contributed by atoms with van der Waals surface area (Å²) in [6.07, 6.45) is 0. The SMILES string of the molecule is NC(=O)Nc1cccc(CF)c1. The monoisotopic (exact) mass is 168 g/mol. The largest absolute Gasteiger partial charge is 0.351 e. The Hall–Kier alpha value is -1.58. The summed E-state index contributed by atoms with van der Waals surface area (Å²) in [6, 6.07) is 5.81. The highest BCUT2D eigenvalue weighted by Gasteiger charge is 1.96. The van der Waals surface area contributed by atoms with Crippen LogP contribution in [0.5, 0.6) is 0 Å². The minimum absolute atomic E-state index is 0.512. The molecule has 1 aromatic rings. The molecule has 0 aliphatic carbocycles. The van der Waals surface area contributed by atoms with E-state index in [1.165, 1.54) is 6.07 Å². The van der Waals surface area contributed by atoms with Crippen LogP contribution in [0.4, 0.5) is 14.9 Å². The quantitative estimate of drug-likeness (QED) is 0.693. The van der Waals surface area contributed by atoms with Gasteiger partial charge in [0, 0.05) is 5.69 Å². The average molecular weight is 168 g/mol. The van der Waals surface area contributed by atoms with E-state index in [0.717, 1.165) is 0 Å². The Morgan fingerprint density at radius 1 is 1.58 bits per heavy atom. The first-order valence-electron chi connectivity index (χ1n) is 3.43. The Bertz CT molecular complexity index is 288. The van der Waals surface area contributed by atoms with Crippen molar-refractivity contribution in [1.29, 1.82) is 0 Å². The van der Waals surface area contributed by atoms with Crippen molar-refractivity contribution in [2.75, 3.05) is 5.32 Å². The molecule has 0 aromatic heterocycles. The lowest BCUT2D eigenvalue weighted by atomic mass is 10.2. The van der Waals surface area contributed by atoms with Gasteiger partial charge in [0.2, 0.25) is 0 Å². The maximum Gasteiger partial charge on any atom is 0.316 e. The van der Waals surface area contributed by atoms with E-state index >= 15 is 0 Å². The van der Waals surface area contributed by atoms with Crippen LogP contribution in [0, 0.1) is 0 Å². The topological polar surface area (TPSA) is 55.1 Å². The molecule has 1 aromatic carbocycles. The summed E-state index contributed by atoms with van der Waals surface area (Å²) >= 11 is 0. The zero-order chi connectivity index (χ0) is 8.97. The number of urea groups is 1. The number of carbonyl (C=O) groups is 1. The first-order chi connectivity index (χ1) is 5.72. The number of alkyl halides is 1. The number of halogens is 1. The molecule has 2 amide bonds. The average Bonchev–Trinajstić information content (AvgIpc) is 2.03. The molecule has 0 saturated heterocycles. The van der Waals surface area contributed by atoms with Gasteiger partial charge >= 0.3 is 6.03 Å². The number of hydrogen-bond donors (Lipinski definition) is 2. The Labute approximate surface area is 69.4 Å². The third kappa shape index (κ3) is 2.23. The summed E-state index contributed by atoms with van der Waals surface area (Å²) in [7, 11) is 0. The van der Waals surface area contributed by atoms with Crippen LogP contribution in [0.25, 0.3) is 0 Å². The Balaban J connectivity index is 2.79. The number of benzene rings is 1. The van der Waals surface area contributed by atoms with E-state index in [1.54, 1.807) is 18.2 Å². The standard InChI is InChI=1S/C8H9FN2O/c9-5-6-2-1-3-7(4-6)11-8(10)12/h1-4H,5H2,(H3,10,11,12). The van der Waals surface area contributed by atoms with Crippen molar-refractivity contribution in [3.63, 3.8) is 0 Å². The van der Waals surface area contributed by atoms with Crippen LogP contribution in [0.1, 0.15) is 5.56 Å². The summed E-state index contributed by atoms with van der Waals surface area (Å²) < 4.78 is 12.1. The number of primary amides is 1. The zero-order valence-corrected chi connectivity index (χ0v) is 6.38. The third-order valence-electron chi connectivity index (χ3n) is 1.35. The van der Waals surface area contributed by atoms with E-state index in [9.17, 15) is 9.18 Å². The molecule has 0 fully saturated rings. The molecule has 0 heterocycles. The van der Waals surface area contributed by atoms with E-state index in [2.05, 4.69) is 5.32 Å². The molecule has 3 N–H and O–H groups in total. The minimum atomic E-state index is -0.647. The maximum atomic E-state index is 12.1. The predicted octanol–water partition coefficient (Wildman–Crippen LogP) is 1.65. The van der Waals surface area contributed by atoms with E-state index in [-0.39, 0.29) is 0 Å². The van der Waals surface area contributed by atoms with Crippen LogP contribution in [0.3, 0.4) is 0 Å². The lowest BCUT2D eigenvalue weighted by molar-refractivity contribution is 0.259. The van der Waals surface area contributed by atoms with E-state index in [4.69, 9.17) is 5.73 Å². The molecular weight excluding hydrogens is 159 g/mol. The van der Waals surface area contributed by atoms with Crippen LogP contribution in [0.15, 0.2) is 24.3 Å². The Morgan fingerprint density at radius 3 is 2.92 bits per heavy atom. The van der Waals surface area contributed by atoms with E-state index < -0.39 is 12.7 Å². The molecule has 1 rings (SSSR count). The lowest BCUT2D eigenvalue weighted by Crippen LogP contribution is -2.19. The Kier molecular flexibility index (Phi) is 2.63. The predicted molar refractivity (Wildman–Crippen MR) is 44.5 cm³/mol. The lowest BCUT2D eigenvalue weighted by Gasteiger charge is -2.01. The van der Waals surface area contributed by atoms with Crippen molar-refractivity contribution in [3.05, 3.63) is 29.8 Å². The van der Waals surface area contributed by atoms with Gasteiger partial charge in [-0.05, 0) is 17.7 Å². The molecule has 0 saturated carbocycles. The summed E-state index contributed by atoms with van der Waals surface area (Å²) in [6.45, 7) is -0.547. The van der Waals surface area contributed by atoms with Crippen molar-refractivity contribution < 1.29 is 9.18 Å². The second-order valence-electron chi connectivity index (χ2n) is 2.32. The van der Waals surface area contributed by atoms with Gasteiger partial charge in [0.15, 0.2) is 0 Å². The highest BCUT2D eigenvalue weighted by Crippen LogP contribution is 2.10. The molecule has 0 aliphatic heterocycles. The summed E-state index contributed by atoms with van der Waals surface area (Å²) in [5.41, 5.74) is 5.90. The number of amides is 2. The van der Waals surface area contributed by atoms with Crippen molar-refractivity contribution >= 4 is 11.7 Å². The highest BCUT2D eigenvalue weighted by atomic mass is 19.1. The van der Waals surface area contributed by atoms with Crippen molar-refractivity contribution in [1.82, 2.24) is 0 Å². The van der Waals surface area contributed by atoms with Gasteiger partial charge in [0.1, 0.15) is 6.67 Å². The second-order valence-corrected chi connectivity index (χ2v) is 2.32. The van der Waals surface area contributed by atoms with Crippen LogP contribution in [0.2, 0.25) is 0 Å². The van der Waals surface area contributed by atoms with E-state index in [0.29, 0.717) is 11.3 Å². The van der Waals surface area contributed by atoms with Crippen molar-refractivity contribution in [3.8, 4) is 0 Å². The van der Waals surface area contributed by atoms with Crippen molar-refractivity contribution in [2.24, 2.45) is 5.73 Å². The third-order valence-corrected chi connectivity index (χ3v) is 1.35. The Morgan fingerprint density at radius 2 is 2.33 bits per heavy atom. The maximum absolute atomic E-state index is 12.1. The first-order valence-corrected chi connectivity index (χ1v) is 3.43. The number of anilines is 1.